The molecule has 0 aromatic carbocycles. The zero-order chi connectivity index (χ0) is 12.1. The van der Waals surface area contributed by atoms with Gasteiger partial charge in [0.25, 0.3) is 0 Å². The predicted molar refractivity (Wildman–Crippen MR) is 71.1 cm³/mol. The highest BCUT2D eigenvalue weighted by Gasteiger charge is 2.30. The first-order valence-corrected chi connectivity index (χ1v) is 6.81. The molecule has 0 heterocycles. The average molecular weight is 212 g/mol. The second kappa shape index (κ2) is 6.55. The summed E-state index contributed by atoms with van der Waals surface area (Å²) < 4.78 is 0. The van der Waals surface area contributed by atoms with E-state index < -0.39 is 0 Å². The summed E-state index contributed by atoms with van der Waals surface area (Å²) in [7, 11) is 0. The Morgan fingerprint density at radius 1 is 0.667 bits per heavy atom. The van der Waals surface area contributed by atoms with Crippen LogP contribution in [-0.2, 0) is 0 Å². The number of rotatable bonds is 7. The molecule has 0 unspecified atom stereocenters. The molecule has 0 fully saturated rings. The highest BCUT2D eigenvalue weighted by atomic mass is 14.4. The first-order chi connectivity index (χ1) is 6.81. The molecule has 0 bridgehead atoms. The van der Waals surface area contributed by atoms with Gasteiger partial charge in [-0.25, -0.2) is 0 Å². The van der Waals surface area contributed by atoms with Crippen molar-refractivity contribution < 1.29 is 0 Å². The highest BCUT2D eigenvalue weighted by molar-refractivity contribution is 4.81. The Hall–Kier alpha value is 0. The van der Waals surface area contributed by atoms with Crippen LogP contribution in [0, 0.1) is 23.2 Å². The molecule has 0 saturated heterocycles. The lowest BCUT2D eigenvalue weighted by Crippen LogP contribution is -2.26. The standard InChI is InChI=1S/C15H32/c1-8-15(9-12(2)3,10-13(4)5)11-14(6)7/h12-14H,8-11H2,1-7H3. The number of hydrogen-bond acceptors (Lipinski definition) is 0. The third-order valence-electron chi connectivity index (χ3n) is 3.27. The summed E-state index contributed by atoms with van der Waals surface area (Å²) in [5.74, 6) is 2.51. The van der Waals surface area contributed by atoms with E-state index in [4.69, 9.17) is 0 Å². The first-order valence-electron chi connectivity index (χ1n) is 6.81. The van der Waals surface area contributed by atoms with Crippen molar-refractivity contribution >= 4 is 0 Å². The van der Waals surface area contributed by atoms with Crippen molar-refractivity contribution in [2.45, 2.75) is 74.1 Å². The second-order valence-electron chi connectivity index (χ2n) is 6.65. The minimum Gasteiger partial charge on any atom is -0.0649 e. The van der Waals surface area contributed by atoms with Gasteiger partial charge in [0.2, 0.25) is 0 Å². The van der Waals surface area contributed by atoms with Gasteiger partial charge in [-0.15, -0.1) is 0 Å². The summed E-state index contributed by atoms with van der Waals surface area (Å²) in [6, 6.07) is 0. The largest absolute Gasteiger partial charge is 0.0649 e. The molecule has 15 heavy (non-hydrogen) atoms. The maximum absolute atomic E-state index is 2.38. The molecule has 92 valence electrons. The van der Waals surface area contributed by atoms with Crippen molar-refractivity contribution in [2.75, 3.05) is 0 Å². The molecule has 0 aliphatic rings. The van der Waals surface area contributed by atoms with E-state index in [1.54, 1.807) is 0 Å². The van der Waals surface area contributed by atoms with Crippen molar-refractivity contribution in [3.8, 4) is 0 Å². The van der Waals surface area contributed by atoms with Gasteiger partial charge < -0.3 is 0 Å². The Morgan fingerprint density at radius 2 is 0.933 bits per heavy atom. The number of hydrogen-bond donors (Lipinski definition) is 0. The van der Waals surface area contributed by atoms with E-state index in [2.05, 4.69) is 48.5 Å². The molecule has 0 heteroatoms. The first kappa shape index (κ1) is 15.0. The van der Waals surface area contributed by atoms with Gasteiger partial charge in [-0.1, -0.05) is 54.9 Å². The minimum atomic E-state index is 0.608. The van der Waals surface area contributed by atoms with E-state index in [0.717, 1.165) is 17.8 Å². The van der Waals surface area contributed by atoms with E-state index in [1.165, 1.54) is 25.7 Å². The van der Waals surface area contributed by atoms with Gasteiger partial charge in [0.1, 0.15) is 0 Å². The third kappa shape index (κ3) is 6.22. The highest BCUT2D eigenvalue weighted by Crippen LogP contribution is 2.42. The zero-order valence-corrected chi connectivity index (χ0v) is 12.1. The Labute approximate surface area is 97.8 Å². The topological polar surface area (TPSA) is 0 Å². The van der Waals surface area contributed by atoms with Crippen molar-refractivity contribution in [1.29, 1.82) is 0 Å². The molecular weight excluding hydrogens is 180 g/mol. The summed E-state index contributed by atoms with van der Waals surface area (Å²) in [5, 5.41) is 0. The van der Waals surface area contributed by atoms with Gasteiger partial charge in [-0.05, 0) is 42.4 Å². The van der Waals surface area contributed by atoms with Crippen LogP contribution in [0.25, 0.3) is 0 Å². The van der Waals surface area contributed by atoms with E-state index >= 15 is 0 Å². The molecule has 0 nitrogen and oxygen atoms in total. The van der Waals surface area contributed by atoms with Gasteiger partial charge in [0, 0.05) is 0 Å². The summed E-state index contributed by atoms with van der Waals surface area (Å²) in [6.45, 7) is 16.6. The van der Waals surface area contributed by atoms with Crippen molar-refractivity contribution in [1.82, 2.24) is 0 Å². The van der Waals surface area contributed by atoms with E-state index in [1.807, 2.05) is 0 Å². The minimum absolute atomic E-state index is 0.608. The monoisotopic (exact) mass is 212 g/mol. The Kier molecular flexibility index (Phi) is 6.55. The normalized spacial score (nSPS) is 13.2. The Bertz CT molecular complexity index is 127. The molecular formula is C15H32. The van der Waals surface area contributed by atoms with E-state index in [0.29, 0.717) is 5.41 Å². The van der Waals surface area contributed by atoms with Crippen LogP contribution in [0.1, 0.15) is 74.1 Å². The second-order valence-corrected chi connectivity index (χ2v) is 6.65. The summed E-state index contributed by atoms with van der Waals surface area (Å²) in [6.07, 6.45) is 5.56. The lowest BCUT2D eigenvalue weighted by molar-refractivity contribution is 0.136. The maximum Gasteiger partial charge on any atom is -0.0293 e. The van der Waals surface area contributed by atoms with Crippen molar-refractivity contribution in [2.24, 2.45) is 23.2 Å². The van der Waals surface area contributed by atoms with Crippen LogP contribution in [0.15, 0.2) is 0 Å². The van der Waals surface area contributed by atoms with Crippen LogP contribution in [0.2, 0.25) is 0 Å². The van der Waals surface area contributed by atoms with E-state index in [-0.39, 0.29) is 0 Å². The fraction of sp³-hybridized carbons (Fsp3) is 1.00. The van der Waals surface area contributed by atoms with Gasteiger partial charge in [0.05, 0.1) is 0 Å². The summed E-state index contributed by atoms with van der Waals surface area (Å²) >= 11 is 0. The quantitative estimate of drug-likeness (QED) is 0.521. The fourth-order valence-electron chi connectivity index (χ4n) is 3.28. The van der Waals surface area contributed by atoms with Crippen molar-refractivity contribution in [3.63, 3.8) is 0 Å². The zero-order valence-electron chi connectivity index (χ0n) is 12.1. The molecule has 0 radical (unpaired) electrons. The third-order valence-corrected chi connectivity index (χ3v) is 3.27. The molecule has 0 spiro atoms. The van der Waals surface area contributed by atoms with Crippen LogP contribution in [0.5, 0.6) is 0 Å². The lowest BCUT2D eigenvalue weighted by Gasteiger charge is -2.37. The van der Waals surface area contributed by atoms with E-state index in [9.17, 15) is 0 Å². The molecule has 0 rings (SSSR count). The van der Waals surface area contributed by atoms with Gasteiger partial charge in [-0.3, -0.25) is 0 Å². The summed E-state index contributed by atoms with van der Waals surface area (Å²) in [4.78, 5) is 0. The predicted octanol–water partition coefficient (Wildman–Crippen LogP) is 5.52. The molecule has 0 saturated carbocycles. The lowest BCUT2D eigenvalue weighted by atomic mass is 9.68. The summed E-state index contributed by atoms with van der Waals surface area (Å²) in [5.41, 5.74) is 0.608. The van der Waals surface area contributed by atoms with Crippen molar-refractivity contribution in [3.05, 3.63) is 0 Å². The van der Waals surface area contributed by atoms with Crippen LogP contribution in [0.4, 0.5) is 0 Å². The SMILES string of the molecule is CCC(CC(C)C)(CC(C)C)CC(C)C. The molecule has 0 aromatic rings. The molecule has 0 aromatic heterocycles. The van der Waals surface area contributed by atoms with Crippen LogP contribution in [-0.4, -0.2) is 0 Å². The average Bonchev–Trinajstić information content (AvgIpc) is 1.99. The maximum atomic E-state index is 2.38. The molecule has 0 atom stereocenters. The Morgan fingerprint density at radius 3 is 1.07 bits per heavy atom. The van der Waals surface area contributed by atoms with Crippen LogP contribution >= 0.6 is 0 Å². The molecule has 0 N–H and O–H groups in total. The molecule has 0 aliphatic heterocycles. The molecule has 0 amide bonds. The van der Waals surface area contributed by atoms with Gasteiger partial charge in [-0.2, -0.15) is 0 Å². The van der Waals surface area contributed by atoms with Gasteiger partial charge in [0.15, 0.2) is 0 Å². The van der Waals surface area contributed by atoms with Crippen LogP contribution < -0.4 is 0 Å². The smallest absolute Gasteiger partial charge is 0.0293 e. The fourth-order valence-corrected chi connectivity index (χ4v) is 3.28. The van der Waals surface area contributed by atoms with Crippen LogP contribution in [0.3, 0.4) is 0 Å². The molecule has 0 aliphatic carbocycles. The Balaban J connectivity index is 4.59. The van der Waals surface area contributed by atoms with Gasteiger partial charge >= 0.3 is 0 Å².